The Labute approximate surface area is 136 Å². The van der Waals surface area contributed by atoms with Crippen molar-refractivity contribution in [3.8, 4) is 22.6 Å². The topological polar surface area (TPSA) is 75.4 Å². The SMILES string of the molecule is Nc1ccc(Oc2ccc(S(=O)[O-])c(-c3ccccc3)c2)cc1. The molecule has 1 unspecified atom stereocenters. The zero-order valence-corrected chi connectivity index (χ0v) is 13.0. The van der Waals surface area contributed by atoms with Crippen LogP contribution in [0.2, 0.25) is 0 Å². The standard InChI is InChI=1S/C18H15NO3S/c19-14-6-8-15(9-7-14)22-16-10-11-18(23(20)21)17(12-16)13-4-2-1-3-5-13/h1-12H,19H2,(H,20,21)/p-1. The molecule has 3 rings (SSSR count). The van der Waals surface area contributed by atoms with Crippen LogP contribution in [0.5, 0.6) is 11.5 Å². The molecule has 0 aliphatic heterocycles. The van der Waals surface area contributed by atoms with Gasteiger partial charge in [-0.3, -0.25) is 4.21 Å². The van der Waals surface area contributed by atoms with Crippen molar-refractivity contribution >= 4 is 16.8 Å². The summed E-state index contributed by atoms with van der Waals surface area (Å²) in [7, 11) is 0. The van der Waals surface area contributed by atoms with E-state index in [-0.39, 0.29) is 4.90 Å². The van der Waals surface area contributed by atoms with E-state index in [4.69, 9.17) is 10.5 Å². The Morgan fingerprint density at radius 2 is 1.52 bits per heavy atom. The molecule has 0 fully saturated rings. The van der Waals surface area contributed by atoms with Crippen molar-refractivity contribution in [1.29, 1.82) is 0 Å². The van der Waals surface area contributed by atoms with E-state index >= 15 is 0 Å². The minimum atomic E-state index is -2.32. The van der Waals surface area contributed by atoms with Crippen molar-refractivity contribution < 1.29 is 13.5 Å². The number of benzene rings is 3. The Morgan fingerprint density at radius 3 is 2.17 bits per heavy atom. The molecule has 0 amide bonds. The summed E-state index contributed by atoms with van der Waals surface area (Å²) in [6.45, 7) is 0. The Kier molecular flexibility index (Phi) is 4.41. The number of anilines is 1. The molecule has 23 heavy (non-hydrogen) atoms. The molecule has 116 valence electrons. The molecule has 0 heterocycles. The molecule has 1 atom stereocenters. The first-order valence-electron chi connectivity index (χ1n) is 6.95. The van der Waals surface area contributed by atoms with Gasteiger partial charge in [0.05, 0.1) is 0 Å². The van der Waals surface area contributed by atoms with Crippen LogP contribution in [0.25, 0.3) is 11.1 Å². The third-order valence-electron chi connectivity index (χ3n) is 3.33. The summed E-state index contributed by atoms with van der Waals surface area (Å²) in [6, 6.07) is 21.2. The highest BCUT2D eigenvalue weighted by Crippen LogP contribution is 2.32. The van der Waals surface area contributed by atoms with Crippen LogP contribution in [0.4, 0.5) is 5.69 Å². The maximum atomic E-state index is 11.4. The van der Waals surface area contributed by atoms with E-state index in [0.29, 0.717) is 22.7 Å². The zero-order chi connectivity index (χ0) is 16.2. The lowest BCUT2D eigenvalue weighted by molar-refractivity contribution is 0.482. The Balaban J connectivity index is 2.00. The highest BCUT2D eigenvalue weighted by molar-refractivity contribution is 7.79. The molecule has 2 N–H and O–H groups in total. The lowest BCUT2D eigenvalue weighted by Gasteiger charge is -2.14. The molecule has 0 radical (unpaired) electrons. The molecule has 5 heteroatoms. The van der Waals surface area contributed by atoms with Gasteiger partial charge in [-0.15, -0.1) is 0 Å². The van der Waals surface area contributed by atoms with Crippen LogP contribution >= 0.6 is 0 Å². The zero-order valence-electron chi connectivity index (χ0n) is 12.1. The van der Waals surface area contributed by atoms with E-state index in [1.54, 1.807) is 36.4 Å². The molecule has 0 aliphatic rings. The molecule has 3 aromatic carbocycles. The van der Waals surface area contributed by atoms with Gasteiger partial charge in [0.1, 0.15) is 11.5 Å². The third-order valence-corrected chi connectivity index (χ3v) is 4.05. The summed E-state index contributed by atoms with van der Waals surface area (Å²) in [5.41, 5.74) is 7.72. The third kappa shape index (κ3) is 3.59. The average Bonchev–Trinajstić information content (AvgIpc) is 2.57. The monoisotopic (exact) mass is 324 g/mol. The van der Waals surface area contributed by atoms with Crippen molar-refractivity contribution in [1.82, 2.24) is 0 Å². The minimum absolute atomic E-state index is 0.237. The van der Waals surface area contributed by atoms with Gasteiger partial charge in [-0.1, -0.05) is 30.3 Å². The highest BCUT2D eigenvalue weighted by atomic mass is 32.2. The summed E-state index contributed by atoms with van der Waals surface area (Å²) in [5, 5.41) is 0. The van der Waals surface area contributed by atoms with Crippen LogP contribution in [0.15, 0.2) is 77.7 Å². The Hall–Kier alpha value is -2.63. The van der Waals surface area contributed by atoms with Crippen molar-refractivity contribution in [2.75, 3.05) is 5.73 Å². The maximum absolute atomic E-state index is 11.4. The van der Waals surface area contributed by atoms with Crippen LogP contribution in [0.3, 0.4) is 0 Å². The second kappa shape index (κ2) is 6.64. The summed E-state index contributed by atoms with van der Waals surface area (Å²) in [6.07, 6.45) is 0. The van der Waals surface area contributed by atoms with E-state index in [1.165, 1.54) is 6.07 Å². The van der Waals surface area contributed by atoms with Crippen LogP contribution in [0.1, 0.15) is 0 Å². The largest absolute Gasteiger partial charge is 0.768 e. The van der Waals surface area contributed by atoms with Gasteiger partial charge in [0, 0.05) is 16.1 Å². The van der Waals surface area contributed by atoms with Crippen LogP contribution in [0, 0.1) is 0 Å². The van der Waals surface area contributed by atoms with Gasteiger partial charge >= 0.3 is 0 Å². The van der Waals surface area contributed by atoms with Crippen molar-refractivity contribution in [3.05, 3.63) is 72.8 Å². The number of nitrogen functional groups attached to an aromatic ring is 1. The van der Waals surface area contributed by atoms with Crippen LogP contribution in [-0.2, 0) is 11.1 Å². The molecule has 0 spiro atoms. The first-order chi connectivity index (χ1) is 11.1. The van der Waals surface area contributed by atoms with Crippen LogP contribution in [-0.4, -0.2) is 8.76 Å². The summed E-state index contributed by atoms with van der Waals surface area (Å²) in [5.74, 6) is 1.19. The second-order valence-corrected chi connectivity index (χ2v) is 5.84. The van der Waals surface area contributed by atoms with Crippen molar-refractivity contribution in [2.45, 2.75) is 4.90 Å². The molecule has 0 saturated heterocycles. The van der Waals surface area contributed by atoms with E-state index in [1.807, 2.05) is 30.3 Å². The molecule has 0 aromatic heterocycles. The lowest BCUT2D eigenvalue weighted by atomic mass is 10.1. The molecule has 0 saturated carbocycles. The van der Waals surface area contributed by atoms with Gasteiger partial charge in [-0.05, 0) is 59.1 Å². The molecule has 4 nitrogen and oxygen atoms in total. The lowest BCUT2D eigenvalue weighted by Crippen LogP contribution is -1.94. The van der Waals surface area contributed by atoms with Crippen molar-refractivity contribution in [2.24, 2.45) is 0 Å². The van der Waals surface area contributed by atoms with E-state index in [0.717, 1.165) is 5.56 Å². The molecular formula is C18H14NO3S-. The normalized spacial score (nSPS) is 11.9. The summed E-state index contributed by atoms with van der Waals surface area (Å²) < 4.78 is 28.7. The van der Waals surface area contributed by atoms with E-state index < -0.39 is 11.1 Å². The van der Waals surface area contributed by atoms with Gasteiger partial charge < -0.3 is 15.0 Å². The fourth-order valence-corrected chi connectivity index (χ4v) is 2.77. The predicted molar refractivity (Wildman–Crippen MR) is 90.0 cm³/mol. The van der Waals surface area contributed by atoms with Crippen LogP contribution < -0.4 is 10.5 Å². The Morgan fingerprint density at radius 1 is 0.870 bits per heavy atom. The molecule has 0 aliphatic carbocycles. The number of hydrogen-bond acceptors (Lipinski definition) is 4. The van der Waals surface area contributed by atoms with E-state index in [9.17, 15) is 8.76 Å². The van der Waals surface area contributed by atoms with Crippen molar-refractivity contribution in [3.63, 3.8) is 0 Å². The number of hydrogen-bond donors (Lipinski definition) is 1. The molecule has 0 bridgehead atoms. The summed E-state index contributed by atoms with van der Waals surface area (Å²) >= 11 is -2.32. The van der Waals surface area contributed by atoms with Gasteiger partial charge in [0.15, 0.2) is 0 Å². The highest BCUT2D eigenvalue weighted by Gasteiger charge is 2.08. The minimum Gasteiger partial charge on any atom is -0.768 e. The second-order valence-electron chi connectivity index (χ2n) is 4.93. The van der Waals surface area contributed by atoms with Gasteiger partial charge in [0.2, 0.25) is 0 Å². The first-order valence-corrected chi connectivity index (χ1v) is 8.03. The molecular weight excluding hydrogens is 310 g/mol. The average molecular weight is 324 g/mol. The fourth-order valence-electron chi connectivity index (χ4n) is 2.23. The maximum Gasteiger partial charge on any atom is 0.128 e. The Bertz CT molecular complexity index is 833. The smallest absolute Gasteiger partial charge is 0.128 e. The number of nitrogens with two attached hydrogens (primary N) is 1. The quantitative estimate of drug-likeness (QED) is 0.582. The molecule has 3 aromatic rings. The summed E-state index contributed by atoms with van der Waals surface area (Å²) in [4.78, 5) is 0.237. The van der Waals surface area contributed by atoms with Gasteiger partial charge in [-0.25, -0.2) is 0 Å². The van der Waals surface area contributed by atoms with Gasteiger partial charge in [0.25, 0.3) is 0 Å². The predicted octanol–water partition coefficient (Wildman–Crippen LogP) is 3.97. The number of ether oxygens (including phenoxy) is 1. The van der Waals surface area contributed by atoms with Gasteiger partial charge in [-0.2, -0.15) is 0 Å². The first kappa shape index (κ1) is 15.3. The van der Waals surface area contributed by atoms with E-state index in [2.05, 4.69) is 0 Å². The number of rotatable bonds is 4. The fraction of sp³-hybridized carbons (Fsp3) is 0.